The number of carbonyl (C=O) groups is 1. The Bertz CT molecular complexity index is 903. The minimum Gasteiger partial charge on any atom is -0.476 e. The van der Waals surface area contributed by atoms with Crippen molar-refractivity contribution in [3.63, 3.8) is 0 Å². The molecule has 146 valence electrons. The van der Waals surface area contributed by atoms with E-state index < -0.39 is 44.1 Å². The van der Waals surface area contributed by atoms with Gasteiger partial charge >= 0.3 is 17.8 Å². The molecule has 0 saturated carbocycles. The summed E-state index contributed by atoms with van der Waals surface area (Å²) in [5.74, 6) is -1.80. The highest BCUT2D eigenvalue weighted by Crippen LogP contribution is 2.39. The van der Waals surface area contributed by atoms with E-state index in [4.69, 9.17) is 23.2 Å². The summed E-state index contributed by atoms with van der Waals surface area (Å²) >= 11 is 11.8. The topological polar surface area (TPSA) is 98.3 Å². The maximum absolute atomic E-state index is 12.9. The number of benzene rings is 1. The van der Waals surface area contributed by atoms with Crippen LogP contribution >= 0.6 is 23.2 Å². The van der Waals surface area contributed by atoms with Crippen LogP contribution in [0.2, 0.25) is 10.0 Å². The van der Waals surface area contributed by atoms with E-state index in [1.165, 1.54) is 0 Å². The first-order chi connectivity index (χ1) is 12.3. The zero-order chi connectivity index (χ0) is 20.7. The Morgan fingerprint density at radius 2 is 1.85 bits per heavy atom. The van der Waals surface area contributed by atoms with Gasteiger partial charge in [0.25, 0.3) is 0 Å². The van der Waals surface area contributed by atoms with Crippen LogP contribution in [0.3, 0.4) is 0 Å². The number of rotatable bonds is 5. The summed E-state index contributed by atoms with van der Waals surface area (Å²) in [5.41, 5.74) is -3.29. The lowest BCUT2D eigenvalue weighted by atomic mass is 10.1. The number of hydrogen-bond donors (Lipinski definition) is 1. The summed E-state index contributed by atoms with van der Waals surface area (Å²) in [6.45, 7) is 3.47. The fraction of sp³-hybridized carbons (Fsp3) is 0.333. The summed E-state index contributed by atoms with van der Waals surface area (Å²) in [7, 11) is 0. The Hall–Kier alpha value is -2.33. The quantitative estimate of drug-likeness (QED) is 0.536. The molecule has 1 aromatic heterocycles. The molecule has 1 N–H and O–H groups in total. The predicted molar refractivity (Wildman–Crippen MR) is 90.7 cm³/mol. The van der Waals surface area contributed by atoms with Crippen LogP contribution in [0.15, 0.2) is 12.1 Å². The molecule has 1 aromatic carbocycles. The van der Waals surface area contributed by atoms with Crippen LogP contribution < -0.4 is 0 Å². The minimum atomic E-state index is -4.74. The first kappa shape index (κ1) is 21.0. The molecule has 0 unspecified atom stereocenters. The summed E-state index contributed by atoms with van der Waals surface area (Å²) < 4.78 is 39.3. The van der Waals surface area contributed by atoms with Crippen LogP contribution in [-0.2, 0) is 12.6 Å². The van der Waals surface area contributed by atoms with E-state index in [1.54, 1.807) is 13.8 Å². The lowest BCUT2D eigenvalue weighted by Gasteiger charge is -2.13. The van der Waals surface area contributed by atoms with Gasteiger partial charge in [0.2, 0.25) is 5.69 Å². The van der Waals surface area contributed by atoms with Crippen molar-refractivity contribution in [2.45, 2.75) is 26.4 Å². The van der Waals surface area contributed by atoms with Crippen molar-refractivity contribution in [3.8, 4) is 5.69 Å². The molecule has 0 amide bonds. The minimum absolute atomic E-state index is 0.0689. The summed E-state index contributed by atoms with van der Waals surface area (Å²) in [5, 5.41) is 23.7. The highest BCUT2D eigenvalue weighted by Gasteiger charge is 2.36. The maximum Gasteiger partial charge on any atom is 0.416 e. The van der Waals surface area contributed by atoms with Crippen molar-refractivity contribution in [2.24, 2.45) is 5.92 Å². The van der Waals surface area contributed by atoms with Crippen LogP contribution in [-0.4, -0.2) is 25.8 Å². The largest absolute Gasteiger partial charge is 0.476 e. The second kappa shape index (κ2) is 7.35. The smallest absolute Gasteiger partial charge is 0.416 e. The highest BCUT2D eigenvalue weighted by atomic mass is 35.5. The summed E-state index contributed by atoms with van der Waals surface area (Å²) in [4.78, 5) is 22.1. The van der Waals surface area contributed by atoms with E-state index >= 15 is 0 Å². The average Bonchev–Trinajstić information content (AvgIpc) is 2.83. The summed E-state index contributed by atoms with van der Waals surface area (Å²) in [6, 6.07) is 1.09. The van der Waals surface area contributed by atoms with Crippen LogP contribution in [0, 0.1) is 16.0 Å². The van der Waals surface area contributed by atoms with Gasteiger partial charge in [-0.2, -0.15) is 18.3 Å². The number of carboxylic acid groups (broad SMARTS) is 1. The van der Waals surface area contributed by atoms with Gasteiger partial charge in [-0.1, -0.05) is 37.0 Å². The summed E-state index contributed by atoms with van der Waals surface area (Å²) in [6.07, 6.45) is -4.67. The third-order valence-corrected chi connectivity index (χ3v) is 4.05. The van der Waals surface area contributed by atoms with Crippen LogP contribution in [0.5, 0.6) is 0 Å². The number of nitrogens with zero attached hydrogens (tertiary/aromatic N) is 3. The van der Waals surface area contributed by atoms with Gasteiger partial charge in [0.05, 0.1) is 20.5 Å². The van der Waals surface area contributed by atoms with Crippen molar-refractivity contribution in [1.82, 2.24) is 9.78 Å². The third-order valence-electron chi connectivity index (χ3n) is 3.47. The van der Waals surface area contributed by atoms with Crippen molar-refractivity contribution in [2.75, 3.05) is 0 Å². The second-order valence-corrected chi connectivity index (χ2v) is 6.82. The van der Waals surface area contributed by atoms with Crippen molar-refractivity contribution < 1.29 is 28.0 Å². The standard InChI is InChI=1S/C15H12Cl2F3N3O4/c1-6(2)3-10-12(23(26)27)13(14(24)25)22(21-10)11-8(16)4-7(5-9(11)17)15(18,19)20/h4-6H,3H2,1-2H3,(H,24,25). The lowest BCUT2D eigenvalue weighted by molar-refractivity contribution is -0.386. The van der Waals surface area contributed by atoms with Crippen LogP contribution in [0.1, 0.15) is 35.6 Å². The predicted octanol–water partition coefficient (Wildman–Crippen LogP) is 5.00. The molecule has 2 rings (SSSR count). The maximum atomic E-state index is 12.9. The Labute approximate surface area is 160 Å². The molecular weight excluding hydrogens is 414 g/mol. The van der Waals surface area contributed by atoms with Gasteiger partial charge in [0.1, 0.15) is 11.4 Å². The van der Waals surface area contributed by atoms with Gasteiger partial charge in [-0.15, -0.1) is 0 Å². The van der Waals surface area contributed by atoms with Crippen molar-refractivity contribution in [3.05, 3.63) is 49.2 Å². The highest BCUT2D eigenvalue weighted by molar-refractivity contribution is 6.38. The first-order valence-electron chi connectivity index (χ1n) is 7.40. The Morgan fingerprint density at radius 3 is 2.22 bits per heavy atom. The number of nitro groups is 1. The molecule has 1 heterocycles. The normalized spacial score (nSPS) is 11.9. The van der Waals surface area contributed by atoms with Crippen molar-refractivity contribution >= 4 is 34.9 Å². The third kappa shape index (κ3) is 4.16. The number of alkyl halides is 3. The van der Waals surface area contributed by atoms with E-state index in [0.717, 1.165) is 0 Å². The molecule has 0 radical (unpaired) electrons. The molecule has 0 aliphatic carbocycles. The van der Waals surface area contributed by atoms with Gasteiger partial charge < -0.3 is 5.11 Å². The van der Waals surface area contributed by atoms with E-state index in [9.17, 15) is 33.2 Å². The van der Waals surface area contributed by atoms with Crippen LogP contribution in [0.25, 0.3) is 5.69 Å². The Kier molecular flexibility index (Phi) is 5.71. The molecule has 0 atom stereocenters. The molecule has 0 saturated heterocycles. The molecule has 0 fully saturated rings. The monoisotopic (exact) mass is 425 g/mol. The fourth-order valence-corrected chi connectivity index (χ4v) is 3.10. The fourth-order valence-electron chi connectivity index (χ4n) is 2.46. The molecule has 0 aliphatic heterocycles. The second-order valence-electron chi connectivity index (χ2n) is 6.00. The molecule has 12 heteroatoms. The van der Waals surface area contributed by atoms with E-state index in [-0.39, 0.29) is 23.7 Å². The van der Waals surface area contributed by atoms with Gasteiger partial charge in [0, 0.05) is 6.42 Å². The Morgan fingerprint density at radius 1 is 1.33 bits per heavy atom. The molecule has 0 aliphatic rings. The number of carboxylic acids is 1. The molecule has 0 bridgehead atoms. The molecular formula is C15H12Cl2F3N3O4. The average molecular weight is 426 g/mol. The van der Waals surface area contributed by atoms with Gasteiger partial charge in [0.15, 0.2) is 0 Å². The van der Waals surface area contributed by atoms with Crippen molar-refractivity contribution in [1.29, 1.82) is 0 Å². The molecule has 2 aromatic rings. The zero-order valence-corrected chi connectivity index (χ0v) is 15.4. The van der Waals surface area contributed by atoms with E-state index in [0.29, 0.717) is 16.8 Å². The van der Waals surface area contributed by atoms with E-state index in [2.05, 4.69) is 5.10 Å². The lowest BCUT2D eigenvalue weighted by Crippen LogP contribution is -2.12. The SMILES string of the molecule is CC(C)Cc1nn(-c2c(Cl)cc(C(F)(F)F)cc2Cl)c(C(=O)O)c1[N+](=O)[O-]. The molecule has 7 nitrogen and oxygen atoms in total. The Balaban J connectivity index is 2.83. The number of aromatic carboxylic acids is 1. The van der Waals surface area contributed by atoms with Crippen LogP contribution in [0.4, 0.5) is 18.9 Å². The van der Waals surface area contributed by atoms with E-state index in [1.807, 2.05) is 0 Å². The molecule has 27 heavy (non-hydrogen) atoms. The number of halogens is 5. The van der Waals surface area contributed by atoms with Gasteiger partial charge in [-0.25, -0.2) is 9.48 Å². The number of aromatic nitrogens is 2. The number of hydrogen-bond acceptors (Lipinski definition) is 4. The molecule has 0 spiro atoms. The zero-order valence-electron chi connectivity index (χ0n) is 13.8. The van der Waals surface area contributed by atoms with Gasteiger partial charge in [-0.05, 0) is 18.1 Å². The first-order valence-corrected chi connectivity index (χ1v) is 8.16. The van der Waals surface area contributed by atoms with Gasteiger partial charge in [-0.3, -0.25) is 10.1 Å².